The first-order chi connectivity index (χ1) is 3.48. The SMILES string of the molecule is CNC(=O)C(F)(F)Cl.Cl. The summed E-state index contributed by atoms with van der Waals surface area (Å²) in [6, 6.07) is 0. The standard InChI is InChI=1S/C3H4ClF2NO.ClH/c1-7-2(8)3(4,5)6;/h1H3,(H,7,8);1H. The molecule has 1 amide bonds. The van der Waals surface area contributed by atoms with Gasteiger partial charge in [0.15, 0.2) is 0 Å². The minimum Gasteiger partial charge on any atom is -0.353 e. The molecule has 0 spiro atoms. The van der Waals surface area contributed by atoms with Gasteiger partial charge in [0.05, 0.1) is 0 Å². The lowest BCUT2D eigenvalue weighted by atomic mass is 10.6. The van der Waals surface area contributed by atoms with Crippen LogP contribution in [0.4, 0.5) is 8.78 Å². The van der Waals surface area contributed by atoms with Crippen molar-refractivity contribution in [2.24, 2.45) is 0 Å². The Morgan fingerprint density at radius 1 is 1.67 bits per heavy atom. The summed E-state index contributed by atoms with van der Waals surface area (Å²) in [5.41, 5.74) is 0. The summed E-state index contributed by atoms with van der Waals surface area (Å²) in [4.78, 5) is 9.84. The molecule has 0 bridgehead atoms. The Morgan fingerprint density at radius 2 is 2.00 bits per heavy atom. The van der Waals surface area contributed by atoms with Crippen LogP contribution in [0.25, 0.3) is 0 Å². The fraction of sp³-hybridized carbons (Fsp3) is 0.667. The Kier molecular flexibility index (Phi) is 4.99. The zero-order valence-electron chi connectivity index (χ0n) is 4.45. The summed E-state index contributed by atoms with van der Waals surface area (Å²) in [7, 11) is 1.08. The molecular weight excluding hydrogens is 175 g/mol. The van der Waals surface area contributed by atoms with Crippen molar-refractivity contribution in [3.8, 4) is 0 Å². The first-order valence-electron chi connectivity index (χ1n) is 1.77. The molecule has 1 N–H and O–H groups in total. The van der Waals surface area contributed by atoms with Crippen molar-refractivity contribution >= 4 is 29.9 Å². The van der Waals surface area contributed by atoms with Gasteiger partial charge in [0.1, 0.15) is 0 Å². The van der Waals surface area contributed by atoms with Gasteiger partial charge in [0.2, 0.25) is 0 Å². The molecule has 0 radical (unpaired) electrons. The van der Waals surface area contributed by atoms with Crippen molar-refractivity contribution in [1.82, 2.24) is 5.32 Å². The molecule has 2 nitrogen and oxygen atoms in total. The average molecular weight is 180 g/mol. The molecule has 0 heterocycles. The molecule has 0 saturated heterocycles. The van der Waals surface area contributed by atoms with Crippen molar-refractivity contribution in [1.29, 1.82) is 0 Å². The zero-order valence-corrected chi connectivity index (χ0v) is 6.02. The first-order valence-corrected chi connectivity index (χ1v) is 2.15. The van der Waals surface area contributed by atoms with Gasteiger partial charge in [-0.3, -0.25) is 4.79 Å². The maximum atomic E-state index is 11.5. The number of hydrogen-bond acceptors (Lipinski definition) is 1. The van der Waals surface area contributed by atoms with Gasteiger partial charge >= 0.3 is 11.3 Å². The summed E-state index contributed by atoms with van der Waals surface area (Å²) in [5, 5.41) is -2.09. The van der Waals surface area contributed by atoms with Crippen LogP contribution in [0.2, 0.25) is 0 Å². The highest BCUT2D eigenvalue weighted by Gasteiger charge is 2.34. The lowest BCUT2D eigenvalue weighted by Gasteiger charge is -2.02. The van der Waals surface area contributed by atoms with Gasteiger partial charge in [-0.25, -0.2) is 0 Å². The Balaban J connectivity index is 0. The first kappa shape index (κ1) is 11.7. The van der Waals surface area contributed by atoms with E-state index in [2.05, 4.69) is 11.6 Å². The van der Waals surface area contributed by atoms with E-state index in [0.29, 0.717) is 0 Å². The molecule has 6 heteroatoms. The summed E-state index contributed by atoms with van der Waals surface area (Å²) < 4.78 is 22.9. The Labute approximate surface area is 62.0 Å². The van der Waals surface area contributed by atoms with E-state index >= 15 is 0 Å². The number of amides is 1. The largest absolute Gasteiger partial charge is 0.399 e. The molecule has 0 aliphatic rings. The lowest BCUT2D eigenvalue weighted by Crippen LogP contribution is -2.32. The average Bonchev–Trinajstić information content (AvgIpc) is 1.62. The maximum absolute atomic E-state index is 11.5. The number of carbonyl (C=O) groups excluding carboxylic acids is 1. The topological polar surface area (TPSA) is 29.1 Å². The summed E-state index contributed by atoms with van der Waals surface area (Å²) in [5.74, 6) is -1.49. The van der Waals surface area contributed by atoms with Crippen LogP contribution in [0.3, 0.4) is 0 Å². The minimum atomic E-state index is -3.77. The minimum absolute atomic E-state index is 0. The van der Waals surface area contributed by atoms with Crippen LogP contribution in [-0.2, 0) is 4.79 Å². The van der Waals surface area contributed by atoms with Gasteiger partial charge in [-0.15, -0.1) is 12.4 Å². The van der Waals surface area contributed by atoms with Crippen LogP contribution < -0.4 is 5.32 Å². The molecule has 56 valence electrons. The van der Waals surface area contributed by atoms with Crippen LogP contribution in [0.15, 0.2) is 0 Å². The van der Waals surface area contributed by atoms with Crippen molar-refractivity contribution in [3.63, 3.8) is 0 Å². The fourth-order valence-corrected chi connectivity index (χ4v) is 0.236. The monoisotopic (exact) mass is 179 g/mol. The highest BCUT2D eigenvalue weighted by atomic mass is 35.5. The lowest BCUT2D eigenvalue weighted by molar-refractivity contribution is -0.135. The predicted molar refractivity (Wildman–Crippen MR) is 32.1 cm³/mol. The van der Waals surface area contributed by atoms with Crippen LogP contribution in [0.5, 0.6) is 0 Å². The van der Waals surface area contributed by atoms with E-state index in [0.717, 1.165) is 7.05 Å². The van der Waals surface area contributed by atoms with E-state index in [-0.39, 0.29) is 12.4 Å². The molecule has 9 heavy (non-hydrogen) atoms. The van der Waals surface area contributed by atoms with Crippen molar-refractivity contribution < 1.29 is 13.6 Å². The number of rotatable bonds is 1. The molecule has 0 fully saturated rings. The van der Waals surface area contributed by atoms with Gasteiger partial charge in [0.25, 0.3) is 0 Å². The molecule has 0 aromatic carbocycles. The van der Waals surface area contributed by atoms with E-state index in [9.17, 15) is 13.6 Å². The molecule has 0 aliphatic heterocycles. The smallest absolute Gasteiger partial charge is 0.353 e. The second-order valence-corrected chi connectivity index (χ2v) is 1.55. The van der Waals surface area contributed by atoms with Gasteiger partial charge in [0, 0.05) is 7.05 Å². The second-order valence-electron chi connectivity index (χ2n) is 1.08. The van der Waals surface area contributed by atoms with Crippen LogP contribution in [0.1, 0.15) is 0 Å². The van der Waals surface area contributed by atoms with Crippen molar-refractivity contribution in [2.45, 2.75) is 5.38 Å². The van der Waals surface area contributed by atoms with Crippen molar-refractivity contribution in [2.75, 3.05) is 7.05 Å². The zero-order chi connectivity index (χ0) is 6.78. The van der Waals surface area contributed by atoms with Gasteiger partial charge in [-0.1, -0.05) is 0 Å². The highest BCUT2D eigenvalue weighted by Crippen LogP contribution is 2.17. The van der Waals surface area contributed by atoms with Gasteiger partial charge in [-0.2, -0.15) is 8.78 Å². The predicted octanol–water partition coefficient (Wildman–Crippen LogP) is 0.986. The number of alkyl halides is 3. The fourth-order valence-electron chi connectivity index (χ4n) is 0.142. The summed E-state index contributed by atoms with van der Waals surface area (Å²) >= 11 is 4.24. The summed E-state index contributed by atoms with van der Waals surface area (Å²) in [6.07, 6.45) is 0. The molecule has 0 rings (SSSR count). The number of hydrogen-bond donors (Lipinski definition) is 1. The van der Waals surface area contributed by atoms with E-state index in [4.69, 9.17) is 0 Å². The molecule has 0 aromatic heterocycles. The van der Waals surface area contributed by atoms with Crippen LogP contribution in [0, 0.1) is 0 Å². The third-order valence-corrected chi connectivity index (χ3v) is 0.656. The van der Waals surface area contributed by atoms with E-state index < -0.39 is 11.3 Å². The quantitative estimate of drug-likeness (QED) is 0.598. The van der Waals surface area contributed by atoms with Crippen LogP contribution >= 0.6 is 24.0 Å². The highest BCUT2D eigenvalue weighted by molar-refractivity contribution is 6.32. The molecule has 0 aliphatic carbocycles. The van der Waals surface area contributed by atoms with E-state index in [1.807, 2.05) is 0 Å². The normalized spacial score (nSPS) is 9.78. The van der Waals surface area contributed by atoms with Crippen LogP contribution in [-0.4, -0.2) is 18.3 Å². The summed E-state index contributed by atoms with van der Waals surface area (Å²) in [6.45, 7) is 0. The number of halogens is 4. The number of carbonyl (C=O) groups is 1. The Morgan fingerprint density at radius 3 is 2.00 bits per heavy atom. The molecular formula is C3H5Cl2F2NO. The van der Waals surface area contributed by atoms with Crippen molar-refractivity contribution in [3.05, 3.63) is 0 Å². The Hall–Kier alpha value is -0.0900. The third-order valence-electron chi connectivity index (χ3n) is 0.485. The molecule has 0 atom stereocenters. The number of nitrogens with one attached hydrogen (secondary N) is 1. The Bertz CT molecular complexity index is 102. The second kappa shape index (κ2) is 3.85. The molecule has 0 saturated carbocycles. The van der Waals surface area contributed by atoms with Gasteiger partial charge < -0.3 is 5.32 Å². The maximum Gasteiger partial charge on any atom is 0.399 e. The van der Waals surface area contributed by atoms with E-state index in [1.54, 1.807) is 5.32 Å². The molecule has 0 unspecified atom stereocenters. The molecule has 0 aromatic rings. The van der Waals surface area contributed by atoms with Gasteiger partial charge in [-0.05, 0) is 11.6 Å². The van der Waals surface area contributed by atoms with E-state index in [1.165, 1.54) is 0 Å². The third kappa shape index (κ3) is 4.42.